The molecular formula is C8H20O2. The summed E-state index contributed by atoms with van der Waals surface area (Å²) in [5.41, 5.74) is 0.0417. The van der Waals surface area contributed by atoms with Crippen LogP contribution in [0.25, 0.3) is 0 Å². The molecule has 1 N–H and O–H groups in total. The maximum Gasteiger partial charge on any atom is 0.0594 e. The van der Waals surface area contributed by atoms with Crippen LogP contribution in [0.15, 0.2) is 0 Å². The Morgan fingerprint density at radius 2 is 1.50 bits per heavy atom. The van der Waals surface area contributed by atoms with E-state index >= 15 is 0 Å². The van der Waals surface area contributed by atoms with Crippen molar-refractivity contribution >= 4 is 0 Å². The number of ether oxygens (including phenoxy) is 1. The molecule has 0 aromatic rings. The second-order valence-corrected chi connectivity index (χ2v) is 3.04. The van der Waals surface area contributed by atoms with Crippen LogP contribution >= 0.6 is 0 Å². The molecular weight excluding hydrogens is 128 g/mol. The molecule has 0 fully saturated rings. The van der Waals surface area contributed by atoms with Gasteiger partial charge in [0, 0.05) is 13.7 Å². The van der Waals surface area contributed by atoms with Gasteiger partial charge in [-0.25, -0.2) is 0 Å². The van der Waals surface area contributed by atoms with E-state index in [1.807, 2.05) is 27.7 Å². The van der Waals surface area contributed by atoms with Gasteiger partial charge in [0.15, 0.2) is 0 Å². The van der Waals surface area contributed by atoms with Gasteiger partial charge in [0.25, 0.3) is 0 Å². The Morgan fingerprint density at radius 3 is 1.50 bits per heavy atom. The summed E-state index contributed by atoms with van der Waals surface area (Å²) in [7, 11) is 1.71. The molecule has 0 aromatic heterocycles. The van der Waals surface area contributed by atoms with Gasteiger partial charge in [-0.15, -0.1) is 0 Å². The smallest absolute Gasteiger partial charge is 0.0594 e. The molecule has 0 saturated carbocycles. The lowest BCUT2D eigenvalue weighted by Crippen LogP contribution is -2.15. The second-order valence-electron chi connectivity index (χ2n) is 3.04. The van der Waals surface area contributed by atoms with Gasteiger partial charge in [0.2, 0.25) is 0 Å². The van der Waals surface area contributed by atoms with Crippen molar-refractivity contribution in [2.45, 2.75) is 39.7 Å². The third-order valence-electron chi connectivity index (χ3n) is 0.836. The van der Waals surface area contributed by atoms with Crippen molar-refractivity contribution in [3.8, 4) is 0 Å². The molecule has 0 rings (SSSR count). The van der Waals surface area contributed by atoms with Crippen LogP contribution in [0.4, 0.5) is 0 Å². The SMILES string of the molecule is CCCO.COC(C)(C)C. The van der Waals surface area contributed by atoms with Crippen LogP contribution in [0.2, 0.25) is 0 Å². The van der Waals surface area contributed by atoms with Crippen molar-refractivity contribution in [1.29, 1.82) is 0 Å². The number of aliphatic hydroxyl groups is 1. The highest BCUT2D eigenvalue weighted by Crippen LogP contribution is 2.02. The minimum Gasteiger partial charge on any atom is -0.396 e. The molecule has 0 spiro atoms. The second kappa shape index (κ2) is 7.03. The minimum atomic E-state index is 0.0417. The van der Waals surface area contributed by atoms with Crippen LogP contribution in [0.3, 0.4) is 0 Å². The number of hydrogen-bond donors (Lipinski definition) is 1. The molecule has 0 aliphatic carbocycles. The van der Waals surface area contributed by atoms with E-state index < -0.39 is 0 Å². The number of methoxy groups -OCH3 is 1. The molecule has 2 heteroatoms. The van der Waals surface area contributed by atoms with Crippen molar-refractivity contribution in [3.63, 3.8) is 0 Å². The Morgan fingerprint density at radius 1 is 1.30 bits per heavy atom. The molecule has 0 saturated heterocycles. The third-order valence-corrected chi connectivity index (χ3v) is 0.836. The summed E-state index contributed by atoms with van der Waals surface area (Å²) in [5, 5.41) is 7.88. The monoisotopic (exact) mass is 148 g/mol. The number of hydrogen-bond acceptors (Lipinski definition) is 2. The minimum absolute atomic E-state index is 0.0417. The van der Waals surface area contributed by atoms with E-state index in [-0.39, 0.29) is 5.60 Å². The topological polar surface area (TPSA) is 29.5 Å². The summed E-state index contributed by atoms with van der Waals surface area (Å²) in [5.74, 6) is 0. The molecule has 0 amide bonds. The van der Waals surface area contributed by atoms with Crippen molar-refractivity contribution in [2.75, 3.05) is 13.7 Å². The van der Waals surface area contributed by atoms with Gasteiger partial charge in [0.1, 0.15) is 0 Å². The van der Waals surface area contributed by atoms with Crippen molar-refractivity contribution in [2.24, 2.45) is 0 Å². The van der Waals surface area contributed by atoms with E-state index in [4.69, 9.17) is 9.84 Å². The number of aliphatic hydroxyl groups excluding tert-OH is 1. The lowest BCUT2D eigenvalue weighted by molar-refractivity contribution is 0.0397. The zero-order valence-electron chi connectivity index (χ0n) is 7.77. The summed E-state index contributed by atoms with van der Waals surface area (Å²) in [6.07, 6.45) is 0.875. The van der Waals surface area contributed by atoms with E-state index in [1.165, 1.54) is 0 Å². The lowest BCUT2D eigenvalue weighted by Gasteiger charge is -2.14. The fraction of sp³-hybridized carbons (Fsp3) is 1.00. The maximum absolute atomic E-state index is 7.88. The Kier molecular flexibility index (Phi) is 8.85. The quantitative estimate of drug-likeness (QED) is 0.614. The van der Waals surface area contributed by atoms with Gasteiger partial charge in [-0.1, -0.05) is 6.92 Å². The molecule has 2 nitrogen and oxygen atoms in total. The molecule has 0 radical (unpaired) electrons. The first-order chi connectivity index (χ1) is 4.47. The van der Waals surface area contributed by atoms with E-state index in [2.05, 4.69) is 0 Å². The first-order valence-corrected chi connectivity index (χ1v) is 3.64. The van der Waals surface area contributed by atoms with Gasteiger partial charge in [0.05, 0.1) is 5.60 Å². The van der Waals surface area contributed by atoms with E-state index in [0.29, 0.717) is 6.61 Å². The van der Waals surface area contributed by atoms with Gasteiger partial charge >= 0.3 is 0 Å². The fourth-order valence-electron chi connectivity index (χ4n) is 0. The van der Waals surface area contributed by atoms with Gasteiger partial charge < -0.3 is 9.84 Å². The Balaban J connectivity index is 0. The van der Waals surface area contributed by atoms with Crippen LogP contribution in [-0.4, -0.2) is 24.4 Å². The Hall–Kier alpha value is -0.0800. The predicted molar refractivity (Wildman–Crippen MR) is 44.1 cm³/mol. The largest absolute Gasteiger partial charge is 0.396 e. The summed E-state index contributed by atoms with van der Waals surface area (Å²) in [6.45, 7) is 8.31. The molecule has 0 aliphatic rings. The third kappa shape index (κ3) is 24.7. The average Bonchev–Trinajstić information content (AvgIpc) is 1.87. The van der Waals surface area contributed by atoms with Crippen LogP contribution < -0.4 is 0 Å². The molecule has 0 bridgehead atoms. The molecule has 0 unspecified atom stereocenters. The van der Waals surface area contributed by atoms with Crippen LogP contribution in [-0.2, 0) is 4.74 Å². The molecule has 0 aliphatic heterocycles. The average molecular weight is 148 g/mol. The van der Waals surface area contributed by atoms with Gasteiger partial charge in [-0.3, -0.25) is 0 Å². The van der Waals surface area contributed by atoms with Crippen molar-refractivity contribution in [3.05, 3.63) is 0 Å². The molecule has 64 valence electrons. The Labute approximate surface area is 64.2 Å². The lowest BCUT2D eigenvalue weighted by atomic mass is 10.2. The summed E-state index contributed by atoms with van der Waals surface area (Å²) in [6, 6.07) is 0. The summed E-state index contributed by atoms with van der Waals surface area (Å²) < 4.78 is 4.94. The highest BCUT2D eigenvalue weighted by atomic mass is 16.5. The summed E-state index contributed by atoms with van der Waals surface area (Å²) >= 11 is 0. The summed E-state index contributed by atoms with van der Waals surface area (Å²) in [4.78, 5) is 0. The van der Waals surface area contributed by atoms with Crippen molar-refractivity contribution in [1.82, 2.24) is 0 Å². The number of rotatable bonds is 1. The van der Waals surface area contributed by atoms with E-state index in [1.54, 1.807) is 7.11 Å². The molecule has 0 atom stereocenters. The first-order valence-electron chi connectivity index (χ1n) is 3.64. The first kappa shape index (κ1) is 12.6. The van der Waals surface area contributed by atoms with Crippen LogP contribution in [0.1, 0.15) is 34.1 Å². The van der Waals surface area contributed by atoms with Gasteiger partial charge in [-0.2, -0.15) is 0 Å². The standard InChI is InChI=1S/C5H12O.C3H8O/c1-5(2,3)6-4;1-2-3-4/h1-4H3;4H,2-3H2,1H3. The van der Waals surface area contributed by atoms with Crippen molar-refractivity contribution < 1.29 is 9.84 Å². The Bertz CT molecular complexity index is 52.8. The molecule has 0 aromatic carbocycles. The van der Waals surface area contributed by atoms with Crippen LogP contribution in [0.5, 0.6) is 0 Å². The fourth-order valence-corrected chi connectivity index (χ4v) is 0. The zero-order chi connectivity index (χ0) is 8.62. The highest BCUT2D eigenvalue weighted by molar-refractivity contribution is 4.55. The predicted octanol–water partition coefficient (Wildman–Crippen LogP) is 1.82. The van der Waals surface area contributed by atoms with E-state index in [9.17, 15) is 0 Å². The maximum atomic E-state index is 7.88. The molecule has 0 heterocycles. The van der Waals surface area contributed by atoms with Gasteiger partial charge in [-0.05, 0) is 27.2 Å². The highest BCUT2D eigenvalue weighted by Gasteiger charge is 2.03. The normalized spacial score (nSPS) is 10.2. The van der Waals surface area contributed by atoms with E-state index in [0.717, 1.165) is 6.42 Å². The zero-order valence-corrected chi connectivity index (χ0v) is 7.77. The molecule has 10 heavy (non-hydrogen) atoms. The van der Waals surface area contributed by atoms with Crippen LogP contribution in [0, 0.1) is 0 Å².